The molecule has 0 radical (unpaired) electrons. The Balaban J connectivity index is 1.63. The lowest BCUT2D eigenvalue weighted by Crippen LogP contribution is -2.34. The quantitative estimate of drug-likeness (QED) is 0.845. The van der Waals surface area contributed by atoms with Crippen molar-refractivity contribution in [2.45, 2.75) is 25.3 Å². The van der Waals surface area contributed by atoms with Gasteiger partial charge in [0.1, 0.15) is 11.6 Å². The number of halogens is 1. The van der Waals surface area contributed by atoms with E-state index < -0.39 is 0 Å². The van der Waals surface area contributed by atoms with Crippen LogP contribution in [0.3, 0.4) is 0 Å². The van der Waals surface area contributed by atoms with Crippen LogP contribution in [-0.2, 0) is 13.6 Å². The molecule has 0 amide bonds. The number of pyridine rings is 1. The minimum Gasteiger partial charge on any atom is -0.395 e. The molecule has 0 atom stereocenters. The minimum absolute atomic E-state index is 0.130. The third-order valence-electron chi connectivity index (χ3n) is 4.84. The van der Waals surface area contributed by atoms with Crippen molar-refractivity contribution >= 4 is 5.69 Å². The highest BCUT2D eigenvalue weighted by atomic mass is 19.1. The standard InChI is InChI=1S/C17H25FN6O/c1-22(9-10-25)12-16-20-21-17(23(16)2)13-4-7-24(8-5-13)15-3-6-19-11-14(15)18/h3,6,11,13,25H,4-5,7-10,12H2,1-2H3. The number of hydrogen-bond donors (Lipinski definition) is 1. The van der Waals surface area contributed by atoms with E-state index in [2.05, 4.69) is 24.6 Å². The topological polar surface area (TPSA) is 70.3 Å². The Labute approximate surface area is 147 Å². The van der Waals surface area contributed by atoms with Gasteiger partial charge in [0.05, 0.1) is 25.0 Å². The molecular formula is C17H25FN6O. The van der Waals surface area contributed by atoms with Crippen molar-refractivity contribution in [3.05, 3.63) is 35.9 Å². The molecule has 0 saturated carbocycles. The van der Waals surface area contributed by atoms with E-state index in [1.165, 1.54) is 6.20 Å². The molecule has 3 rings (SSSR count). The first-order valence-corrected chi connectivity index (χ1v) is 8.62. The Morgan fingerprint density at radius 2 is 2.08 bits per heavy atom. The van der Waals surface area contributed by atoms with Crippen molar-refractivity contribution < 1.29 is 9.50 Å². The van der Waals surface area contributed by atoms with E-state index in [1.807, 2.05) is 19.0 Å². The van der Waals surface area contributed by atoms with Crippen molar-refractivity contribution in [1.29, 1.82) is 0 Å². The van der Waals surface area contributed by atoms with Gasteiger partial charge < -0.3 is 14.6 Å². The average Bonchev–Trinajstić information content (AvgIpc) is 2.96. The van der Waals surface area contributed by atoms with Crippen molar-refractivity contribution in [3.63, 3.8) is 0 Å². The molecule has 0 aromatic carbocycles. The maximum Gasteiger partial charge on any atom is 0.164 e. The molecule has 1 fully saturated rings. The molecule has 8 heteroatoms. The maximum atomic E-state index is 13.9. The molecule has 7 nitrogen and oxygen atoms in total. The van der Waals surface area contributed by atoms with Gasteiger partial charge in [0.25, 0.3) is 0 Å². The second-order valence-corrected chi connectivity index (χ2v) is 6.58. The summed E-state index contributed by atoms with van der Waals surface area (Å²) in [5.41, 5.74) is 0.623. The van der Waals surface area contributed by atoms with Crippen LogP contribution in [0.1, 0.15) is 30.4 Å². The number of likely N-dealkylation sites (N-methyl/N-ethyl adjacent to an activating group) is 1. The summed E-state index contributed by atoms with van der Waals surface area (Å²) in [5, 5.41) is 17.7. The summed E-state index contributed by atoms with van der Waals surface area (Å²) in [4.78, 5) is 7.90. The zero-order chi connectivity index (χ0) is 17.8. The van der Waals surface area contributed by atoms with Crippen molar-refractivity contribution in [3.8, 4) is 0 Å². The average molecular weight is 348 g/mol. The Bertz CT molecular complexity index is 698. The summed E-state index contributed by atoms with van der Waals surface area (Å²) in [6.07, 6.45) is 4.72. The van der Waals surface area contributed by atoms with Gasteiger partial charge in [-0.05, 0) is 26.0 Å². The Kier molecular flexibility index (Phi) is 5.60. The van der Waals surface area contributed by atoms with Crippen LogP contribution in [-0.4, -0.2) is 63.0 Å². The molecule has 2 aromatic heterocycles. The first-order chi connectivity index (χ1) is 12.1. The first-order valence-electron chi connectivity index (χ1n) is 8.62. The van der Waals surface area contributed by atoms with Gasteiger partial charge in [0.15, 0.2) is 5.82 Å². The number of hydrogen-bond acceptors (Lipinski definition) is 6. The van der Waals surface area contributed by atoms with Crippen LogP contribution in [0.5, 0.6) is 0 Å². The maximum absolute atomic E-state index is 13.9. The fourth-order valence-corrected chi connectivity index (χ4v) is 3.36. The van der Waals surface area contributed by atoms with Crippen LogP contribution in [0.25, 0.3) is 0 Å². The highest BCUT2D eigenvalue weighted by molar-refractivity contribution is 5.46. The molecule has 1 aliphatic heterocycles. The number of aliphatic hydroxyl groups excluding tert-OH is 1. The van der Waals surface area contributed by atoms with Gasteiger partial charge in [0, 0.05) is 38.8 Å². The van der Waals surface area contributed by atoms with Crippen molar-refractivity contribution in [2.75, 3.05) is 38.2 Å². The van der Waals surface area contributed by atoms with Crippen LogP contribution < -0.4 is 4.90 Å². The van der Waals surface area contributed by atoms with Gasteiger partial charge in [0.2, 0.25) is 0 Å². The monoisotopic (exact) mass is 348 g/mol. The van der Waals surface area contributed by atoms with Crippen LogP contribution in [0.15, 0.2) is 18.5 Å². The summed E-state index contributed by atoms with van der Waals surface area (Å²) in [6, 6.07) is 1.73. The molecular weight excluding hydrogens is 323 g/mol. The van der Waals surface area contributed by atoms with Gasteiger partial charge in [-0.15, -0.1) is 10.2 Å². The zero-order valence-corrected chi connectivity index (χ0v) is 14.8. The Hall–Kier alpha value is -2.06. The van der Waals surface area contributed by atoms with Gasteiger partial charge in [-0.2, -0.15) is 0 Å². The first kappa shape index (κ1) is 17.8. The number of piperidine rings is 1. The number of rotatable bonds is 6. The summed E-state index contributed by atoms with van der Waals surface area (Å²) in [5.74, 6) is 1.94. The lowest BCUT2D eigenvalue weighted by Gasteiger charge is -2.33. The lowest BCUT2D eigenvalue weighted by atomic mass is 9.95. The molecule has 1 N–H and O–H groups in total. The SMILES string of the molecule is CN(CCO)Cc1nnc(C2CCN(c3ccncc3F)CC2)n1C. The fraction of sp³-hybridized carbons (Fsp3) is 0.588. The largest absolute Gasteiger partial charge is 0.395 e. The minimum atomic E-state index is -0.270. The molecule has 0 unspecified atom stereocenters. The Morgan fingerprint density at radius 1 is 1.32 bits per heavy atom. The molecule has 1 aliphatic rings. The van der Waals surface area contributed by atoms with Crippen LogP contribution in [0.4, 0.5) is 10.1 Å². The van der Waals surface area contributed by atoms with E-state index >= 15 is 0 Å². The molecule has 0 aliphatic carbocycles. The normalized spacial score (nSPS) is 16.0. The van der Waals surface area contributed by atoms with E-state index in [4.69, 9.17) is 5.11 Å². The van der Waals surface area contributed by atoms with E-state index in [0.717, 1.165) is 37.6 Å². The van der Waals surface area contributed by atoms with Crippen LogP contribution in [0, 0.1) is 5.82 Å². The molecule has 0 bridgehead atoms. The fourth-order valence-electron chi connectivity index (χ4n) is 3.36. The highest BCUT2D eigenvalue weighted by Gasteiger charge is 2.26. The molecule has 1 saturated heterocycles. The third kappa shape index (κ3) is 3.96. The Morgan fingerprint density at radius 3 is 2.76 bits per heavy atom. The molecule has 3 heterocycles. The van der Waals surface area contributed by atoms with Gasteiger partial charge >= 0.3 is 0 Å². The molecule has 0 spiro atoms. The van der Waals surface area contributed by atoms with Crippen molar-refractivity contribution in [2.24, 2.45) is 7.05 Å². The van der Waals surface area contributed by atoms with Crippen LogP contribution >= 0.6 is 0 Å². The summed E-state index contributed by atoms with van der Waals surface area (Å²) in [6.45, 7) is 2.98. The van der Waals surface area contributed by atoms with E-state index in [0.29, 0.717) is 24.7 Å². The van der Waals surface area contributed by atoms with Crippen LogP contribution in [0.2, 0.25) is 0 Å². The lowest BCUT2D eigenvalue weighted by molar-refractivity contribution is 0.213. The highest BCUT2D eigenvalue weighted by Crippen LogP contribution is 2.30. The number of aliphatic hydroxyl groups is 1. The smallest absolute Gasteiger partial charge is 0.164 e. The van der Waals surface area contributed by atoms with E-state index in [1.54, 1.807) is 12.3 Å². The number of nitrogens with zero attached hydrogens (tertiary/aromatic N) is 6. The molecule has 2 aromatic rings. The summed E-state index contributed by atoms with van der Waals surface area (Å²) < 4.78 is 15.9. The second-order valence-electron chi connectivity index (χ2n) is 6.58. The second kappa shape index (κ2) is 7.88. The predicted octanol–water partition coefficient (Wildman–Crippen LogP) is 1.16. The predicted molar refractivity (Wildman–Crippen MR) is 92.8 cm³/mol. The zero-order valence-electron chi connectivity index (χ0n) is 14.8. The molecule has 25 heavy (non-hydrogen) atoms. The van der Waals surface area contributed by atoms with Gasteiger partial charge in [-0.3, -0.25) is 9.88 Å². The van der Waals surface area contributed by atoms with Gasteiger partial charge in [-0.1, -0.05) is 0 Å². The third-order valence-corrected chi connectivity index (χ3v) is 4.84. The number of aromatic nitrogens is 4. The molecule has 136 valence electrons. The van der Waals surface area contributed by atoms with E-state index in [9.17, 15) is 4.39 Å². The van der Waals surface area contributed by atoms with Gasteiger partial charge in [-0.25, -0.2) is 4.39 Å². The van der Waals surface area contributed by atoms with E-state index in [-0.39, 0.29) is 12.4 Å². The summed E-state index contributed by atoms with van der Waals surface area (Å²) in [7, 11) is 3.94. The van der Waals surface area contributed by atoms with Crippen molar-refractivity contribution in [1.82, 2.24) is 24.6 Å². The number of anilines is 1. The summed E-state index contributed by atoms with van der Waals surface area (Å²) >= 11 is 0.